The van der Waals surface area contributed by atoms with Gasteiger partial charge < -0.3 is 10.4 Å². The predicted molar refractivity (Wildman–Crippen MR) is 42.2 cm³/mol. The maximum absolute atomic E-state index is 11.1. The minimum atomic E-state index is -1.14. The van der Waals surface area contributed by atoms with Crippen LogP contribution >= 0.6 is 0 Å². The van der Waals surface area contributed by atoms with E-state index in [1.54, 1.807) is 0 Å². The number of Topliss-reactive ketones (excluding diaryl/α,β-unsaturated/α-hetero) is 1. The van der Waals surface area contributed by atoms with Crippen LogP contribution in [0.15, 0.2) is 0 Å². The maximum Gasteiger partial charge on any atom is 0.407 e. The summed E-state index contributed by atoms with van der Waals surface area (Å²) in [5.41, 5.74) is 0. The van der Waals surface area contributed by atoms with Gasteiger partial charge in [-0.15, -0.1) is 0 Å². The molecule has 0 spiro atoms. The number of amides is 2. The summed E-state index contributed by atoms with van der Waals surface area (Å²) in [5.74, 6) is -0.594. The molecule has 0 aromatic rings. The molecule has 13 heavy (non-hydrogen) atoms. The lowest BCUT2D eigenvalue weighted by atomic mass is 10.2. The molecular weight excluding hydrogens is 176 g/mol. The van der Waals surface area contributed by atoms with Gasteiger partial charge in [0.1, 0.15) is 6.04 Å². The lowest BCUT2D eigenvalue weighted by Crippen LogP contribution is -2.39. The molecule has 0 aliphatic carbocycles. The second kappa shape index (κ2) is 3.42. The van der Waals surface area contributed by atoms with E-state index in [1.807, 2.05) is 0 Å². The minimum Gasteiger partial charge on any atom is -0.465 e. The Balaban J connectivity index is 2.56. The van der Waals surface area contributed by atoms with Crippen molar-refractivity contribution in [2.24, 2.45) is 0 Å². The maximum atomic E-state index is 11.1. The van der Waals surface area contributed by atoms with E-state index < -0.39 is 12.1 Å². The van der Waals surface area contributed by atoms with E-state index in [2.05, 4.69) is 5.32 Å². The topological polar surface area (TPSA) is 86.7 Å². The molecule has 2 N–H and O–H groups in total. The van der Waals surface area contributed by atoms with Crippen LogP contribution < -0.4 is 5.32 Å². The summed E-state index contributed by atoms with van der Waals surface area (Å²) in [7, 11) is 0. The van der Waals surface area contributed by atoms with Gasteiger partial charge in [0.2, 0.25) is 5.91 Å². The van der Waals surface area contributed by atoms with Gasteiger partial charge in [-0.1, -0.05) is 0 Å². The van der Waals surface area contributed by atoms with Crippen LogP contribution in [0, 0.1) is 0 Å². The second-order valence-electron chi connectivity index (χ2n) is 2.88. The predicted octanol–water partition coefficient (Wildman–Crippen LogP) is -0.946. The Labute approximate surface area is 74.5 Å². The van der Waals surface area contributed by atoms with Gasteiger partial charge in [0.15, 0.2) is 5.78 Å². The minimum absolute atomic E-state index is 0.0494. The highest BCUT2D eigenvalue weighted by atomic mass is 16.4. The van der Waals surface area contributed by atoms with Crippen LogP contribution in [-0.2, 0) is 9.59 Å². The van der Waals surface area contributed by atoms with Gasteiger partial charge in [0.25, 0.3) is 0 Å². The summed E-state index contributed by atoms with van der Waals surface area (Å²) in [4.78, 5) is 33.1. The van der Waals surface area contributed by atoms with Crippen molar-refractivity contribution in [3.63, 3.8) is 0 Å². The van der Waals surface area contributed by atoms with Gasteiger partial charge in [0, 0.05) is 6.92 Å². The first kappa shape index (κ1) is 9.50. The van der Waals surface area contributed by atoms with E-state index >= 15 is 0 Å². The molecule has 6 nitrogen and oxygen atoms in total. The van der Waals surface area contributed by atoms with E-state index in [9.17, 15) is 14.4 Å². The zero-order valence-electron chi connectivity index (χ0n) is 7.11. The highest BCUT2D eigenvalue weighted by molar-refractivity contribution is 5.94. The standard InChI is InChI=1S/C7H10N2O4/c1-4(10)8-5-2-9(7(12)13)3-6(5)11/h5H,2-3H2,1H3,(H,8,10)(H,12,13). The van der Waals surface area contributed by atoms with E-state index in [-0.39, 0.29) is 24.8 Å². The Morgan fingerprint density at radius 2 is 2.23 bits per heavy atom. The molecule has 0 bridgehead atoms. The van der Waals surface area contributed by atoms with Crippen LogP contribution in [-0.4, -0.2) is 46.9 Å². The average molecular weight is 186 g/mol. The molecular formula is C7H10N2O4. The number of likely N-dealkylation sites (tertiary alicyclic amines) is 1. The molecule has 1 saturated heterocycles. The van der Waals surface area contributed by atoms with Crippen molar-refractivity contribution in [1.82, 2.24) is 10.2 Å². The summed E-state index contributed by atoms with van der Waals surface area (Å²) in [6, 6.07) is -0.673. The SMILES string of the molecule is CC(=O)NC1CN(C(=O)O)CC1=O. The van der Waals surface area contributed by atoms with Gasteiger partial charge in [-0.3, -0.25) is 14.5 Å². The highest BCUT2D eigenvalue weighted by Crippen LogP contribution is 2.05. The summed E-state index contributed by atoms with van der Waals surface area (Å²) in [5, 5.41) is 10.9. The number of carboxylic acid groups (broad SMARTS) is 1. The van der Waals surface area contributed by atoms with Gasteiger partial charge in [-0.25, -0.2) is 4.79 Å². The molecule has 72 valence electrons. The molecule has 0 aromatic heterocycles. The van der Waals surface area contributed by atoms with Crippen LogP contribution in [0.25, 0.3) is 0 Å². The number of hydrogen-bond acceptors (Lipinski definition) is 3. The van der Waals surface area contributed by atoms with Crippen molar-refractivity contribution in [2.75, 3.05) is 13.1 Å². The molecule has 6 heteroatoms. The summed E-state index contributed by atoms with van der Waals surface area (Å²) < 4.78 is 0. The summed E-state index contributed by atoms with van der Waals surface area (Å²) >= 11 is 0. The first-order valence-corrected chi connectivity index (χ1v) is 3.78. The van der Waals surface area contributed by atoms with Crippen molar-refractivity contribution < 1.29 is 19.5 Å². The molecule has 1 rings (SSSR count). The molecule has 2 amide bonds. The molecule has 0 saturated carbocycles. The Bertz CT molecular complexity index is 263. The van der Waals surface area contributed by atoms with E-state index in [4.69, 9.17) is 5.11 Å². The quantitative estimate of drug-likeness (QED) is 0.553. The zero-order valence-corrected chi connectivity index (χ0v) is 7.11. The van der Waals surface area contributed by atoms with Gasteiger partial charge in [-0.2, -0.15) is 0 Å². The monoisotopic (exact) mass is 186 g/mol. The largest absolute Gasteiger partial charge is 0.465 e. The fourth-order valence-corrected chi connectivity index (χ4v) is 1.20. The molecule has 0 aromatic carbocycles. The molecule has 1 unspecified atom stereocenters. The smallest absolute Gasteiger partial charge is 0.407 e. The number of hydrogen-bond donors (Lipinski definition) is 2. The van der Waals surface area contributed by atoms with Crippen LogP contribution in [0.3, 0.4) is 0 Å². The third-order valence-electron chi connectivity index (χ3n) is 1.79. The summed E-state index contributed by atoms with van der Waals surface area (Å²) in [6.45, 7) is 1.20. The average Bonchev–Trinajstić information content (AvgIpc) is 2.31. The van der Waals surface area contributed by atoms with Crippen molar-refractivity contribution >= 4 is 17.8 Å². The lowest BCUT2D eigenvalue weighted by Gasteiger charge is -2.10. The van der Waals surface area contributed by atoms with E-state index in [0.29, 0.717) is 0 Å². The Morgan fingerprint density at radius 3 is 2.62 bits per heavy atom. The second-order valence-corrected chi connectivity index (χ2v) is 2.88. The van der Waals surface area contributed by atoms with Gasteiger partial charge in [-0.05, 0) is 0 Å². The third kappa shape index (κ3) is 2.17. The molecule has 0 radical (unpaired) electrons. The highest BCUT2D eigenvalue weighted by Gasteiger charge is 2.33. The molecule has 1 fully saturated rings. The molecule has 1 heterocycles. The van der Waals surface area contributed by atoms with Crippen LogP contribution in [0.5, 0.6) is 0 Å². The van der Waals surface area contributed by atoms with Gasteiger partial charge >= 0.3 is 6.09 Å². The fraction of sp³-hybridized carbons (Fsp3) is 0.571. The number of carbonyl (C=O) groups excluding carboxylic acids is 2. The Hall–Kier alpha value is -1.59. The van der Waals surface area contributed by atoms with Crippen molar-refractivity contribution in [3.05, 3.63) is 0 Å². The van der Waals surface area contributed by atoms with Gasteiger partial charge in [0.05, 0.1) is 13.1 Å². The van der Waals surface area contributed by atoms with Crippen LogP contribution in [0.2, 0.25) is 0 Å². The lowest BCUT2D eigenvalue weighted by molar-refractivity contribution is -0.124. The van der Waals surface area contributed by atoms with Crippen molar-refractivity contribution in [3.8, 4) is 0 Å². The van der Waals surface area contributed by atoms with Crippen LogP contribution in [0.1, 0.15) is 6.92 Å². The molecule has 1 aliphatic rings. The number of nitrogens with zero attached hydrogens (tertiary/aromatic N) is 1. The first-order valence-electron chi connectivity index (χ1n) is 3.78. The van der Waals surface area contributed by atoms with E-state index in [0.717, 1.165) is 4.90 Å². The number of nitrogens with one attached hydrogen (secondary N) is 1. The fourth-order valence-electron chi connectivity index (χ4n) is 1.20. The normalized spacial score (nSPS) is 21.8. The first-order chi connectivity index (χ1) is 6.00. The van der Waals surface area contributed by atoms with E-state index in [1.165, 1.54) is 6.92 Å². The number of carbonyl (C=O) groups is 3. The molecule has 1 aliphatic heterocycles. The zero-order chi connectivity index (χ0) is 10.0. The number of ketones is 1. The Kier molecular flexibility index (Phi) is 2.50. The third-order valence-corrected chi connectivity index (χ3v) is 1.79. The number of rotatable bonds is 1. The molecule has 1 atom stereocenters. The van der Waals surface area contributed by atoms with Crippen LogP contribution in [0.4, 0.5) is 4.79 Å². The van der Waals surface area contributed by atoms with Crippen molar-refractivity contribution in [1.29, 1.82) is 0 Å². The Morgan fingerprint density at radius 1 is 1.62 bits per heavy atom. The van der Waals surface area contributed by atoms with Crippen molar-refractivity contribution in [2.45, 2.75) is 13.0 Å². The summed E-state index contributed by atoms with van der Waals surface area (Å²) in [6.07, 6.45) is -1.14.